The summed E-state index contributed by atoms with van der Waals surface area (Å²) in [4.78, 5) is 24.7. The molecule has 20 heavy (non-hydrogen) atoms. The predicted octanol–water partition coefficient (Wildman–Crippen LogP) is 1.45. The number of carbonyl (C=O) groups is 2. The van der Waals surface area contributed by atoms with Gasteiger partial charge >= 0.3 is 12.0 Å². The fourth-order valence-electron chi connectivity index (χ4n) is 2.88. The lowest BCUT2D eigenvalue weighted by Crippen LogP contribution is -2.53. The van der Waals surface area contributed by atoms with E-state index in [2.05, 4.69) is 12.2 Å². The van der Waals surface area contributed by atoms with Crippen molar-refractivity contribution in [1.82, 2.24) is 10.2 Å². The normalized spacial score (nSPS) is 31.4. The first-order valence-corrected chi connectivity index (χ1v) is 7.46. The van der Waals surface area contributed by atoms with E-state index in [-0.39, 0.29) is 25.2 Å². The minimum Gasteiger partial charge on any atom is -0.479 e. The van der Waals surface area contributed by atoms with Gasteiger partial charge in [-0.05, 0) is 25.2 Å². The van der Waals surface area contributed by atoms with Crippen LogP contribution in [0.2, 0.25) is 0 Å². The van der Waals surface area contributed by atoms with Gasteiger partial charge in [0.15, 0.2) is 6.10 Å². The first kappa shape index (κ1) is 15.1. The maximum absolute atomic E-state index is 12.2. The first-order chi connectivity index (χ1) is 9.56. The van der Waals surface area contributed by atoms with Crippen LogP contribution < -0.4 is 5.32 Å². The Morgan fingerprint density at radius 3 is 2.80 bits per heavy atom. The molecule has 2 rings (SSSR count). The number of urea groups is 1. The van der Waals surface area contributed by atoms with Crippen molar-refractivity contribution in [1.29, 1.82) is 0 Å². The van der Waals surface area contributed by atoms with Gasteiger partial charge in [0.05, 0.1) is 13.2 Å². The first-order valence-electron chi connectivity index (χ1n) is 7.46. The standard InChI is InChI=1S/C14H24N2O4/c1-10-3-2-4-11(6-5-10)15-14(19)16-7-8-20-12(9-16)13(17)18/h10-12H,2-9H2,1H3,(H,15,19)(H,17,18). The Morgan fingerprint density at radius 1 is 1.25 bits per heavy atom. The molecule has 1 aliphatic heterocycles. The van der Waals surface area contributed by atoms with E-state index < -0.39 is 12.1 Å². The van der Waals surface area contributed by atoms with Crippen LogP contribution in [0.4, 0.5) is 4.79 Å². The van der Waals surface area contributed by atoms with E-state index >= 15 is 0 Å². The number of aliphatic carboxylic acids is 1. The summed E-state index contributed by atoms with van der Waals surface area (Å²) in [6.07, 6.45) is 4.65. The van der Waals surface area contributed by atoms with E-state index in [1.165, 1.54) is 6.42 Å². The van der Waals surface area contributed by atoms with E-state index in [9.17, 15) is 9.59 Å². The number of carboxylic acids is 1. The zero-order chi connectivity index (χ0) is 14.5. The van der Waals surface area contributed by atoms with Gasteiger partial charge in [-0.2, -0.15) is 0 Å². The van der Waals surface area contributed by atoms with Crippen molar-refractivity contribution in [2.24, 2.45) is 5.92 Å². The van der Waals surface area contributed by atoms with Crippen LogP contribution in [0.15, 0.2) is 0 Å². The summed E-state index contributed by atoms with van der Waals surface area (Å²) < 4.78 is 5.12. The monoisotopic (exact) mass is 284 g/mol. The summed E-state index contributed by atoms with van der Waals surface area (Å²) in [5.41, 5.74) is 0. The van der Waals surface area contributed by atoms with Gasteiger partial charge in [0.2, 0.25) is 0 Å². The molecule has 2 aliphatic rings. The Balaban J connectivity index is 1.83. The lowest BCUT2D eigenvalue weighted by molar-refractivity contribution is -0.154. The van der Waals surface area contributed by atoms with Crippen LogP contribution in [0.3, 0.4) is 0 Å². The minimum atomic E-state index is -1.01. The molecule has 0 spiro atoms. The number of nitrogens with zero attached hydrogens (tertiary/aromatic N) is 1. The molecule has 2 fully saturated rings. The molecule has 3 unspecified atom stereocenters. The van der Waals surface area contributed by atoms with Crippen molar-refractivity contribution in [3.63, 3.8) is 0 Å². The number of amides is 2. The Morgan fingerprint density at radius 2 is 2.05 bits per heavy atom. The lowest BCUT2D eigenvalue weighted by Gasteiger charge is -2.32. The van der Waals surface area contributed by atoms with E-state index in [0.29, 0.717) is 6.54 Å². The molecule has 6 heteroatoms. The molecule has 114 valence electrons. The Labute approximate surface area is 119 Å². The molecule has 1 saturated carbocycles. The van der Waals surface area contributed by atoms with Gasteiger partial charge in [0.1, 0.15) is 0 Å². The highest BCUT2D eigenvalue weighted by Gasteiger charge is 2.30. The van der Waals surface area contributed by atoms with Gasteiger partial charge in [-0.1, -0.05) is 19.8 Å². The third-order valence-electron chi connectivity index (χ3n) is 4.21. The van der Waals surface area contributed by atoms with E-state index in [0.717, 1.165) is 31.6 Å². The molecular weight excluding hydrogens is 260 g/mol. The smallest absolute Gasteiger partial charge is 0.334 e. The van der Waals surface area contributed by atoms with Crippen LogP contribution in [0, 0.1) is 5.92 Å². The summed E-state index contributed by atoms with van der Waals surface area (Å²) in [6.45, 7) is 3.12. The second-order valence-corrected chi connectivity index (χ2v) is 5.90. The molecule has 0 bridgehead atoms. The summed E-state index contributed by atoms with van der Waals surface area (Å²) in [5, 5.41) is 12.0. The van der Waals surface area contributed by atoms with E-state index in [4.69, 9.17) is 9.84 Å². The fraction of sp³-hybridized carbons (Fsp3) is 0.857. The topological polar surface area (TPSA) is 78.9 Å². The summed E-state index contributed by atoms with van der Waals surface area (Å²) in [7, 11) is 0. The summed E-state index contributed by atoms with van der Waals surface area (Å²) in [6, 6.07) is 0.0673. The molecule has 1 saturated heterocycles. The van der Waals surface area contributed by atoms with Crippen LogP contribution in [0.1, 0.15) is 39.0 Å². The van der Waals surface area contributed by atoms with E-state index in [1.807, 2.05) is 0 Å². The van der Waals surface area contributed by atoms with Gasteiger partial charge in [-0.25, -0.2) is 9.59 Å². The van der Waals surface area contributed by atoms with Gasteiger partial charge < -0.3 is 20.1 Å². The van der Waals surface area contributed by atoms with Crippen molar-refractivity contribution in [3.8, 4) is 0 Å². The molecule has 1 heterocycles. The molecule has 6 nitrogen and oxygen atoms in total. The number of carboxylic acid groups (broad SMARTS) is 1. The lowest BCUT2D eigenvalue weighted by atomic mass is 10.0. The molecule has 2 N–H and O–H groups in total. The SMILES string of the molecule is CC1CCCC(NC(=O)N2CCOC(C(=O)O)C2)CC1. The second-order valence-electron chi connectivity index (χ2n) is 5.90. The highest BCUT2D eigenvalue weighted by atomic mass is 16.5. The van der Waals surface area contributed by atoms with Crippen LogP contribution in [-0.2, 0) is 9.53 Å². The molecule has 1 aliphatic carbocycles. The van der Waals surface area contributed by atoms with E-state index in [1.54, 1.807) is 4.90 Å². The quantitative estimate of drug-likeness (QED) is 0.752. The Hall–Kier alpha value is -1.30. The summed E-state index contributed by atoms with van der Waals surface area (Å²) in [5.74, 6) is -0.275. The molecule has 0 aromatic rings. The molecule has 0 aromatic carbocycles. The average Bonchev–Trinajstić information content (AvgIpc) is 2.64. The third kappa shape index (κ3) is 4.10. The highest BCUT2D eigenvalue weighted by Crippen LogP contribution is 2.22. The van der Waals surface area contributed by atoms with Gasteiger partial charge in [-0.3, -0.25) is 0 Å². The molecule has 2 amide bonds. The molecule has 3 atom stereocenters. The molecular formula is C14H24N2O4. The molecule has 0 radical (unpaired) electrons. The zero-order valence-corrected chi connectivity index (χ0v) is 12.0. The number of carbonyl (C=O) groups excluding carboxylic acids is 1. The fourth-order valence-corrected chi connectivity index (χ4v) is 2.88. The maximum atomic E-state index is 12.2. The van der Waals surface area contributed by atoms with Gasteiger partial charge in [0, 0.05) is 12.6 Å². The predicted molar refractivity (Wildman–Crippen MR) is 73.5 cm³/mol. The minimum absolute atomic E-state index is 0.129. The van der Waals surface area contributed by atoms with Crippen molar-refractivity contribution < 1.29 is 19.4 Å². The number of morpholine rings is 1. The van der Waals surface area contributed by atoms with Crippen LogP contribution in [0.5, 0.6) is 0 Å². The third-order valence-corrected chi connectivity index (χ3v) is 4.21. The highest BCUT2D eigenvalue weighted by molar-refractivity contribution is 5.77. The second kappa shape index (κ2) is 6.92. The Bertz CT molecular complexity index is 361. The average molecular weight is 284 g/mol. The van der Waals surface area contributed by atoms with Crippen LogP contribution in [-0.4, -0.2) is 53.8 Å². The Kier molecular flexibility index (Phi) is 5.23. The summed E-state index contributed by atoms with van der Waals surface area (Å²) >= 11 is 0. The van der Waals surface area contributed by atoms with Crippen molar-refractivity contribution >= 4 is 12.0 Å². The van der Waals surface area contributed by atoms with Crippen molar-refractivity contribution in [3.05, 3.63) is 0 Å². The number of nitrogens with one attached hydrogen (secondary N) is 1. The van der Waals surface area contributed by atoms with Gasteiger partial charge in [0.25, 0.3) is 0 Å². The van der Waals surface area contributed by atoms with Crippen molar-refractivity contribution in [2.75, 3.05) is 19.7 Å². The maximum Gasteiger partial charge on any atom is 0.334 e. The number of rotatable bonds is 2. The van der Waals surface area contributed by atoms with Crippen molar-refractivity contribution in [2.45, 2.75) is 51.2 Å². The van der Waals surface area contributed by atoms with Crippen LogP contribution >= 0.6 is 0 Å². The number of hydrogen-bond donors (Lipinski definition) is 2. The number of hydrogen-bond acceptors (Lipinski definition) is 3. The largest absolute Gasteiger partial charge is 0.479 e. The zero-order valence-electron chi connectivity index (χ0n) is 12.0. The molecule has 0 aromatic heterocycles. The number of ether oxygens (including phenoxy) is 1. The van der Waals surface area contributed by atoms with Gasteiger partial charge in [-0.15, -0.1) is 0 Å². The van der Waals surface area contributed by atoms with Crippen LogP contribution in [0.25, 0.3) is 0 Å².